The van der Waals surface area contributed by atoms with Crippen molar-refractivity contribution >= 4 is 40.9 Å². The maximum absolute atomic E-state index is 12.9. The molecule has 6 nitrogen and oxygen atoms in total. The summed E-state index contributed by atoms with van der Waals surface area (Å²) in [6, 6.07) is 17.2. The summed E-state index contributed by atoms with van der Waals surface area (Å²) in [5, 5.41) is 14.9. The van der Waals surface area contributed by atoms with Gasteiger partial charge in [0, 0.05) is 16.4 Å². The monoisotopic (exact) mass is 513 g/mol. The fraction of sp³-hybridized carbons (Fsp3) is 0.115. The van der Waals surface area contributed by atoms with Crippen molar-refractivity contribution in [2.45, 2.75) is 13.1 Å². The van der Waals surface area contributed by atoms with Gasteiger partial charge >= 0.3 is 6.18 Å². The molecule has 0 aromatic heterocycles. The Hall–Kier alpha value is -4.29. The van der Waals surface area contributed by atoms with Crippen molar-refractivity contribution in [2.24, 2.45) is 0 Å². The molecule has 0 atom stereocenters. The standard InChI is InChI=1S/C26H19ClF3N3O3/c1-16-8-9-21(13-23(16)27)32-24(34)15-36-22-7-2-4-17(11-22)10-18(14-31)25(35)33-20-6-3-5-19(12-20)26(28,29)30/h2-13H,15H2,1H3,(H,32,34)(H,33,35)/b18-10+. The molecular formula is C26H19ClF3N3O3. The van der Waals surface area contributed by atoms with Crippen LogP contribution in [0.4, 0.5) is 24.5 Å². The van der Waals surface area contributed by atoms with Gasteiger partial charge in [0.1, 0.15) is 17.4 Å². The van der Waals surface area contributed by atoms with Gasteiger partial charge in [0.2, 0.25) is 0 Å². The predicted octanol–water partition coefficient (Wildman–Crippen LogP) is 6.23. The van der Waals surface area contributed by atoms with Gasteiger partial charge in [-0.25, -0.2) is 0 Å². The Kier molecular flexibility index (Phi) is 8.35. The molecule has 0 saturated carbocycles. The summed E-state index contributed by atoms with van der Waals surface area (Å²) < 4.78 is 44.2. The number of aryl methyl sites for hydroxylation is 1. The zero-order chi connectivity index (χ0) is 26.3. The number of nitrogens with one attached hydrogen (secondary N) is 2. The maximum Gasteiger partial charge on any atom is 0.416 e. The first-order valence-electron chi connectivity index (χ1n) is 10.4. The second-order valence-corrected chi connectivity index (χ2v) is 7.98. The van der Waals surface area contributed by atoms with Gasteiger partial charge in [0.15, 0.2) is 6.61 Å². The van der Waals surface area contributed by atoms with Gasteiger partial charge in [0.05, 0.1) is 5.56 Å². The van der Waals surface area contributed by atoms with Crippen LogP contribution in [0.1, 0.15) is 16.7 Å². The molecule has 3 rings (SSSR count). The Morgan fingerprint density at radius 3 is 2.44 bits per heavy atom. The first-order valence-corrected chi connectivity index (χ1v) is 10.8. The van der Waals surface area contributed by atoms with E-state index in [4.69, 9.17) is 16.3 Å². The molecule has 0 heterocycles. The van der Waals surface area contributed by atoms with E-state index in [1.807, 2.05) is 6.92 Å². The van der Waals surface area contributed by atoms with Crippen LogP contribution in [-0.2, 0) is 15.8 Å². The van der Waals surface area contributed by atoms with Crippen LogP contribution in [0.15, 0.2) is 72.3 Å². The Labute approximate surface area is 210 Å². The van der Waals surface area contributed by atoms with Crippen LogP contribution < -0.4 is 15.4 Å². The number of carbonyl (C=O) groups is 2. The largest absolute Gasteiger partial charge is 0.484 e. The average molecular weight is 514 g/mol. The highest BCUT2D eigenvalue weighted by atomic mass is 35.5. The topological polar surface area (TPSA) is 91.2 Å². The summed E-state index contributed by atoms with van der Waals surface area (Å²) >= 11 is 6.05. The second-order valence-electron chi connectivity index (χ2n) is 7.58. The average Bonchev–Trinajstić information content (AvgIpc) is 2.83. The molecule has 0 aliphatic heterocycles. The van der Waals surface area contributed by atoms with Crippen LogP contribution >= 0.6 is 11.6 Å². The van der Waals surface area contributed by atoms with Crippen LogP contribution in [0.5, 0.6) is 5.75 Å². The zero-order valence-corrected chi connectivity index (χ0v) is 19.6. The van der Waals surface area contributed by atoms with E-state index in [9.17, 15) is 28.0 Å². The van der Waals surface area contributed by atoms with E-state index in [0.29, 0.717) is 22.0 Å². The van der Waals surface area contributed by atoms with E-state index < -0.39 is 23.6 Å². The lowest BCUT2D eigenvalue weighted by Gasteiger charge is -2.10. The highest BCUT2D eigenvalue weighted by Gasteiger charge is 2.30. The third-order valence-electron chi connectivity index (χ3n) is 4.81. The van der Waals surface area contributed by atoms with Gasteiger partial charge in [-0.1, -0.05) is 35.9 Å². The van der Waals surface area contributed by atoms with Crippen LogP contribution in [0.3, 0.4) is 0 Å². The molecule has 0 fully saturated rings. The Balaban J connectivity index is 1.65. The number of benzene rings is 3. The van der Waals surface area contributed by atoms with Gasteiger partial charge in [-0.05, 0) is 66.6 Å². The van der Waals surface area contributed by atoms with Crippen molar-refractivity contribution in [1.29, 1.82) is 5.26 Å². The minimum atomic E-state index is -4.57. The van der Waals surface area contributed by atoms with Crippen molar-refractivity contribution < 1.29 is 27.5 Å². The Morgan fingerprint density at radius 2 is 1.75 bits per heavy atom. The number of nitrogens with zero attached hydrogens (tertiary/aromatic N) is 1. The molecule has 0 aliphatic rings. The third kappa shape index (κ3) is 7.35. The summed E-state index contributed by atoms with van der Waals surface area (Å²) in [7, 11) is 0. The number of nitriles is 1. The lowest BCUT2D eigenvalue weighted by Crippen LogP contribution is -2.20. The number of carbonyl (C=O) groups excluding carboxylic acids is 2. The molecule has 0 aliphatic carbocycles. The first-order chi connectivity index (χ1) is 17.0. The van der Waals surface area contributed by atoms with E-state index in [0.717, 1.165) is 23.8 Å². The molecular weight excluding hydrogens is 495 g/mol. The molecule has 2 amide bonds. The number of amides is 2. The van der Waals surface area contributed by atoms with Gasteiger partial charge in [-0.2, -0.15) is 18.4 Å². The van der Waals surface area contributed by atoms with E-state index >= 15 is 0 Å². The highest BCUT2D eigenvalue weighted by Crippen LogP contribution is 2.30. The minimum absolute atomic E-state index is 0.103. The molecule has 3 aromatic carbocycles. The van der Waals surface area contributed by atoms with Crippen molar-refractivity contribution in [3.05, 3.63) is 94.0 Å². The Bertz CT molecular complexity index is 1360. The number of alkyl halides is 3. The van der Waals surface area contributed by atoms with E-state index in [-0.39, 0.29) is 17.9 Å². The summed E-state index contributed by atoms with van der Waals surface area (Å²) in [6.07, 6.45) is -3.32. The number of hydrogen-bond acceptors (Lipinski definition) is 4. The van der Waals surface area contributed by atoms with Crippen molar-refractivity contribution in [3.63, 3.8) is 0 Å². The first kappa shape index (κ1) is 26.3. The lowest BCUT2D eigenvalue weighted by molar-refractivity contribution is -0.137. The molecule has 0 radical (unpaired) electrons. The molecule has 10 heteroatoms. The molecule has 2 N–H and O–H groups in total. The molecule has 0 saturated heterocycles. The van der Waals surface area contributed by atoms with Crippen molar-refractivity contribution in [2.75, 3.05) is 17.2 Å². The van der Waals surface area contributed by atoms with Crippen LogP contribution in [0.25, 0.3) is 6.08 Å². The van der Waals surface area contributed by atoms with Crippen LogP contribution in [0.2, 0.25) is 5.02 Å². The van der Waals surface area contributed by atoms with E-state index in [1.165, 1.54) is 18.2 Å². The summed E-state index contributed by atoms with van der Waals surface area (Å²) in [6.45, 7) is 1.53. The van der Waals surface area contributed by atoms with E-state index in [1.54, 1.807) is 42.5 Å². The van der Waals surface area contributed by atoms with Crippen molar-refractivity contribution in [1.82, 2.24) is 0 Å². The molecule has 0 bridgehead atoms. The van der Waals surface area contributed by atoms with E-state index in [2.05, 4.69) is 10.6 Å². The van der Waals surface area contributed by atoms with Crippen LogP contribution in [-0.4, -0.2) is 18.4 Å². The number of anilines is 2. The Morgan fingerprint density at radius 1 is 1.03 bits per heavy atom. The van der Waals surface area contributed by atoms with Gasteiger partial charge in [0.25, 0.3) is 11.8 Å². The number of rotatable bonds is 7. The van der Waals surface area contributed by atoms with Gasteiger partial charge in [-0.3, -0.25) is 9.59 Å². The number of ether oxygens (including phenoxy) is 1. The molecule has 36 heavy (non-hydrogen) atoms. The van der Waals surface area contributed by atoms with Crippen LogP contribution in [0, 0.1) is 18.3 Å². The highest BCUT2D eigenvalue weighted by molar-refractivity contribution is 6.31. The summed E-state index contributed by atoms with van der Waals surface area (Å²) in [5.41, 5.74) is 0.431. The minimum Gasteiger partial charge on any atom is -0.484 e. The quantitative estimate of drug-likeness (QED) is 0.289. The number of hydrogen-bond donors (Lipinski definition) is 2. The molecule has 0 spiro atoms. The third-order valence-corrected chi connectivity index (χ3v) is 5.21. The maximum atomic E-state index is 12.9. The lowest BCUT2D eigenvalue weighted by atomic mass is 10.1. The predicted molar refractivity (Wildman–Crippen MR) is 130 cm³/mol. The number of halogens is 4. The SMILES string of the molecule is Cc1ccc(NC(=O)COc2cccc(/C=C(\C#N)C(=O)Nc3cccc(C(F)(F)F)c3)c2)cc1Cl. The summed E-state index contributed by atoms with van der Waals surface area (Å²) in [5.74, 6) is -0.996. The normalized spacial score (nSPS) is 11.4. The second kappa shape index (κ2) is 11.4. The zero-order valence-electron chi connectivity index (χ0n) is 18.8. The molecule has 0 unspecified atom stereocenters. The van der Waals surface area contributed by atoms with Crippen molar-refractivity contribution in [3.8, 4) is 11.8 Å². The summed E-state index contributed by atoms with van der Waals surface area (Å²) in [4.78, 5) is 24.6. The fourth-order valence-electron chi connectivity index (χ4n) is 3.00. The van der Waals surface area contributed by atoms with Gasteiger partial charge < -0.3 is 15.4 Å². The molecule has 184 valence electrons. The van der Waals surface area contributed by atoms with Gasteiger partial charge in [-0.15, -0.1) is 0 Å². The molecule has 3 aromatic rings. The smallest absolute Gasteiger partial charge is 0.416 e. The fourth-order valence-corrected chi connectivity index (χ4v) is 3.18.